The molecular formula is C30H33N3O5. The quantitative estimate of drug-likeness (QED) is 0.322. The second-order valence-corrected chi connectivity index (χ2v) is 10.3. The standard InChI is InChI=1S/C19H18N2O3.C11H15NO2/c1-19(2,3)24-18(23)15-8-10-16(11-9-15)21-17(22)14-6-4-13(12-20)5-7-14;1-11(2,3)14-10(13)8-4-6-9(12)7-5-8/h4-11H,1-3H3,(H,21,22);4-7H,12H2,1-3H3. The van der Waals surface area contributed by atoms with Crippen LogP contribution in [0.25, 0.3) is 0 Å². The van der Waals surface area contributed by atoms with Crippen molar-refractivity contribution in [1.29, 1.82) is 5.26 Å². The molecule has 8 nitrogen and oxygen atoms in total. The molecule has 0 aliphatic carbocycles. The van der Waals surface area contributed by atoms with E-state index in [1.165, 1.54) is 0 Å². The molecular weight excluding hydrogens is 482 g/mol. The fourth-order valence-corrected chi connectivity index (χ4v) is 2.88. The Kier molecular flexibility index (Phi) is 9.77. The lowest BCUT2D eigenvalue weighted by atomic mass is 10.1. The highest BCUT2D eigenvalue weighted by atomic mass is 16.6. The molecule has 0 spiro atoms. The van der Waals surface area contributed by atoms with Gasteiger partial charge in [0.1, 0.15) is 11.2 Å². The van der Waals surface area contributed by atoms with Gasteiger partial charge in [0, 0.05) is 16.9 Å². The van der Waals surface area contributed by atoms with Crippen molar-refractivity contribution in [3.8, 4) is 6.07 Å². The van der Waals surface area contributed by atoms with Crippen LogP contribution < -0.4 is 11.1 Å². The molecule has 0 atom stereocenters. The number of rotatable bonds is 4. The van der Waals surface area contributed by atoms with E-state index < -0.39 is 17.2 Å². The molecule has 3 aromatic carbocycles. The van der Waals surface area contributed by atoms with Crippen LogP contribution in [0.5, 0.6) is 0 Å². The maximum atomic E-state index is 12.1. The highest BCUT2D eigenvalue weighted by molar-refractivity contribution is 6.04. The van der Waals surface area contributed by atoms with Crippen molar-refractivity contribution in [3.05, 3.63) is 95.1 Å². The first kappa shape index (κ1) is 29.6. The van der Waals surface area contributed by atoms with Gasteiger partial charge in [-0.25, -0.2) is 9.59 Å². The van der Waals surface area contributed by atoms with Gasteiger partial charge in [0.15, 0.2) is 0 Å². The van der Waals surface area contributed by atoms with E-state index in [2.05, 4.69) is 5.32 Å². The predicted octanol–water partition coefficient (Wildman–Crippen LogP) is 5.99. The second kappa shape index (κ2) is 12.5. The first-order valence-electron chi connectivity index (χ1n) is 11.9. The van der Waals surface area contributed by atoms with Gasteiger partial charge in [0.05, 0.1) is 22.8 Å². The molecule has 198 valence electrons. The Morgan fingerprint density at radius 1 is 0.684 bits per heavy atom. The van der Waals surface area contributed by atoms with Crippen LogP contribution in [-0.2, 0) is 9.47 Å². The second-order valence-electron chi connectivity index (χ2n) is 10.3. The lowest BCUT2D eigenvalue weighted by Crippen LogP contribution is -2.23. The number of nitrogens with zero attached hydrogens (tertiary/aromatic N) is 1. The van der Waals surface area contributed by atoms with E-state index in [9.17, 15) is 14.4 Å². The number of carbonyl (C=O) groups is 3. The van der Waals surface area contributed by atoms with Crippen molar-refractivity contribution in [2.75, 3.05) is 11.1 Å². The summed E-state index contributed by atoms with van der Waals surface area (Å²) < 4.78 is 10.5. The molecule has 0 fully saturated rings. The van der Waals surface area contributed by atoms with Gasteiger partial charge in [-0.1, -0.05) is 0 Å². The molecule has 0 aliphatic rings. The van der Waals surface area contributed by atoms with E-state index in [-0.39, 0.29) is 11.9 Å². The Morgan fingerprint density at radius 2 is 1.08 bits per heavy atom. The highest BCUT2D eigenvalue weighted by Crippen LogP contribution is 2.16. The highest BCUT2D eigenvalue weighted by Gasteiger charge is 2.18. The zero-order valence-corrected chi connectivity index (χ0v) is 22.5. The number of benzene rings is 3. The van der Waals surface area contributed by atoms with Crippen molar-refractivity contribution in [2.45, 2.75) is 52.7 Å². The zero-order valence-electron chi connectivity index (χ0n) is 22.5. The lowest BCUT2D eigenvalue weighted by Gasteiger charge is -2.19. The fourth-order valence-electron chi connectivity index (χ4n) is 2.88. The van der Waals surface area contributed by atoms with E-state index in [1.807, 2.05) is 26.8 Å². The van der Waals surface area contributed by atoms with Gasteiger partial charge in [0.25, 0.3) is 5.91 Å². The number of carbonyl (C=O) groups excluding carboxylic acids is 3. The molecule has 38 heavy (non-hydrogen) atoms. The third-order valence-electron chi connectivity index (χ3n) is 4.60. The third kappa shape index (κ3) is 10.2. The molecule has 0 unspecified atom stereocenters. The molecule has 8 heteroatoms. The Morgan fingerprint density at radius 3 is 1.47 bits per heavy atom. The van der Waals surface area contributed by atoms with E-state index in [1.54, 1.807) is 93.6 Å². The molecule has 0 aromatic heterocycles. The topological polar surface area (TPSA) is 132 Å². The smallest absolute Gasteiger partial charge is 0.338 e. The number of ether oxygens (including phenoxy) is 2. The largest absolute Gasteiger partial charge is 0.456 e. The van der Waals surface area contributed by atoms with Crippen LogP contribution in [0.1, 0.15) is 78.2 Å². The normalized spacial score (nSPS) is 10.8. The molecule has 1 amide bonds. The first-order valence-corrected chi connectivity index (χ1v) is 11.9. The molecule has 0 aliphatic heterocycles. The number of hydrogen-bond donors (Lipinski definition) is 2. The minimum Gasteiger partial charge on any atom is -0.456 e. The van der Waals surface area contributed by atoms with Crippen LogP contribution in [0.2, 0.25) is 0 Å². The number of esters is 2. The summed E-state index contributed by atoms with van der Waals surface area (Å²) in [5.41, 5.74) is 7.57. The number of hydrogen-bond acceptors (Lipinski definition) is 7. The molecule has 3 N–H and O–H groups in total. The van der Waals surface area contributed by atoms with E-state index in [4.69, 9.17) is 20.5 Å². The molecule has 0 heterocycles. The Balaban J connectivity index is 0.000000308. The van der Waals surface area contributed by atoms with Crippen molar-refractivity contribution in [3.63, 3.8) is 0 Å². The van der Waals surface area contributed by atoms with Gasteiger partial charge >= 0.3 is 11.9 Å². The molecule has 0 radical (unpaired) electrons. The van der Waals surface area contributed by atoms with Crippen molar-refractivity contribution < 1.29 is 23.9 Å². The summed E-state index contributed by atoms with van der Waals surface area (Å²) in [4.78, 5) is 35.6. The van der Waals surface area contributed by atoms with Crippen LogP contribution in [0.4, 0.5) is 11.4 Å². The van der Waals surface area contributed by atoms with Crippen LogP contribution in [-0.4, -0.2) is 29.0 Å². The minimum absolute atomic E-state index is 0.287. The minimum atomic E-state index is -0.556. The summed E-state index contributed by atoms with van der Waals surface area (Å²) in [5, 5.41) is 11.5. The number of nitriles is 1. The van der Waals surface area contributed by atoms with Gasteiger partial charge in [-0.15, -0.1) is 0 Å². The Bertz CT molecular complexity index is 1290. The van der Waals surface area contributed by atoms with Crippen LogP contribution in [0.15, 0.2) is 72.8 Å². The van der Waals surface area contributed by atoms with Crippen molar-refractivity contribution in [2.24, 2.45) is 0 Å². The van der Waals surface area contributed by atoms with E-state index in [0.29, 0.717) is 33.6 Å². The summed E-state index contributed by atoms with van der Waals surface area (Å²) >= 11 is 0. The number of nitrogens with two attached hydrogens (primary N) is 1. The maximum absolute atomic E-state index is 12.1. The van der Waals surface area contributed by atoms with Crippen LogP contribution >= 0.6 is 0 Å². The monoisotopic (exact) mass is 515 g/mol. The SMILES string of the molecule is CC(C)(C)OC(=O)c1ccc(N)cc1.CC(C)(C)OC(=O)c1ccc(NC(=O)c2ccc(C#N)cc2)cc1. The number of nitrogens with one attached hydrogen (secondary N) is 1. The summed E-state index contributed by atoms with van der Waals surface area (Å²) in [7, 11) is 0. The summed E-state index contributed by atoms with van der Waals surface area (Å²) in [6.07, 6.45) is 0. The Labute approximate surface area is 223 Å². The number of anilines is 2. The third-order valence-corrected chi connectivity index (χ3v) is 4.60. The van der Waals surface area contributed by atoms with E-state index >= 15 is 0 Å². The predicted molar refractivity (Wildman–Crippen MR) is 147 cm³/mol. The van der Waals surface area contributed by atoms with Crippen molar-refractivity contribution in [1.82, 2.24) is 0 Å². The Hall–Kier alpha value is -4.64. The van der Waals surface area contributed by atoms with Crippen molar-refractivity contribution >= 4 is 29.2 Å². The molecule has 0 bridgehead atoms. The molecule has 3 rings (SSSR count). The van der Waals surface area contributed by atoms with Crippen LogP contribution in [0, 0.1) is 11.3 Å². The average molecular weight is 516 g/mol. The van der Waals surface area contributed by atoms with Gasteiger partial charge in [0.2, 0.25) is 0 Å². The van der Waals surface area contributed by atoms with E-state index in [0.717, 1.165) is 0 Å². The molecule has 0 saturated heterocycles. The van der Waals surface area contributed by atoms with Gasteiger partial charge in [-0.05, 0) is 114 Å². The summed E-state index contributed by atoms with van der Waals surface area (Å²) in [6.45, 7) is 10.9. The fraction of sp³-hybridized carbons (Fsp3) is 0.267. The molecule has 0 saturated carbocycles. The zero-order chi connectivity index (χ0) is 28.5. The van der Waals surface area contributed by atoms with Gasteiger partial charge in [-0.2, -0.15) is 5.26 Å². The lowest BCUT2D eigenvalue weighted by molar-refractivity contribution is 0.00570. The summed E-state index contributed by atoms with van der Waals surface area (Å²) in [6, 6.07) is 21.5. The summed E-state index contributed by atoms with van der Waals surface area (Å²) in [5.74, 6) is -1.02. The first-order chi connectivity index (χ1) is 17.7. The average Bonchev–Trinajstić information content (AvgIpc) is 2.83. The maximum Gasteiger partial charge on any atom is 0.338 e. The number of amides is 1. The van der Waals surface area contributed by atoms with Gasteiger partial charge in [-0.3, -0.25) is 4.79 Å². The number of nitrogen functional groups attached to an aromatic ring is 1. The van der Waals surface area contributed by atoms with Crippen LogP contribution in [0.3, 0.4) is 0 Å². The molecule has 3 aromatic rings. The van der Waals surface area contributed by atoms with Gasteiger partial charge < -0.3 is 20.5 Å².